The Kier molecular flexibility index (Phi) is 6.18. The van der Waals surface area contributed by atoms with Gasteiger partial charge in [0.25, 0.3) is 0 Å². The number of carbonyl (C=O) groups is 1. The first-order valence-electron chi connectivity index (χ1n) is 9.51. The maximum atomic E-state index is 13.4. The molecule has 2 aliphatic rings. The van der Waals surface area contributed by atoms with E-state index in [4.69, 9.17) is 0 Å². The molecule has 0 spiro atoms. The summed E-state index contributed by atoms with van der Waals surface area (Å²) in [5.41, 5.74) is 0. The van der Waals surface area contributed by atoms with Crippen LogP contribution in [0.1, 0.15) is 20.3 Å². The normalized spacial score (nSPS) is 25.5. The van der Waals surface area contributed by atoms with Gasteiger partial charge in [0.15, 0.2) is 0 Å². The van der Waals surface area contributed by atoms with Crippen molar-refractivity contribution in [2.45, 2.75) is 25.2 Å². The van der Waals surface area contributed by atoms with E-state index in [0.717, 1.165) is 19.2 Å². The van der Waals surface area contributed by atoms with Gasteiger partial charge >= 0.3 is 0 Å². The number of rotatable bonds is 4. The largest absolute Gasteiger partial charge is 0.339 e. The lowest BCUT2D eigenvalue weighted by molar-refractivity contribution is -0.134. The summed E-state index contributed by atoms with van der Waals surface area (Å²) in [4.78, 5) is 16.5. The Balaban J connectivity index is 1.56. The van der Waals surface area contributed by atoms with Crippen molar-refractivity contribution in [2.75, 3.05) is 45.8 Å². The SMILES string of the molecule is C[C@@H]1C[C@H](C)CN(CC(=O)N2CCN(S(=O)(=O)c3cccc(F)c3)CC2)C1. The summed E-state index contributed by atoms with van der Waals surface area (Å²) in [5.74, 6) is 0.665. The number of amides is 1. The van der Waals surface area contributed by atoms with E-state index in [2.05, 4.69) is 18.7 Å². The molecule has 2 heterocycles. The molecule has 2 atom stereocenters. The molecule has 1 aromatic carbocycles. The van der Waals surface area contributed by atoms with Gasteiger partial charge in [0.2, 0.25) is 15.9 Å². The molecule has 8 heteroatoms. The number of hydrogen-bond donors (Lipinski definition) is 0. The van der Waals surface area contributed by atoms with Crippen molar-refractivity contribution in [1.82, 2.24) is 14.1 Å². The number of halogens is 1. The van der Waals surface area contributed by atoms with Gasteiger partial charge in [0, 0.05) is 39.3 Å². The third kappa shape index (κ3) is 4.86. The molecule has 0 aromatic heterocycles. The minimum atomic E-state index is -3.73. The highest BCUT2D eigenvalue weighted by molar-refractivity contribution is 7.89. The second-order valence-electron chi connectivity index (χ2n) is 7.88. The number of nitrogens with zero attached hydrogens (tertiary/aromatic N) is 3. The van der Waals surface area contributed by atoms with E-state index >= 15 is 0 Å². The second-order valence-corrected chi connectivity index (χ2v) is 9.82. The lowest BCUT2D eigenvalue weighted by Crippen LogP contribution is -2.53. The van der Waals surface area contributed by atoms with Gasteiger partial charge in [-0.1, -0.05) is 19.9 Å². The molecule has 0 saturated carbocycles. The first-order chi connectivity index (χ1) is 12.8. The monoisotopic (exact) mass is 397 g/mol. The zero-order valence-corrected chi connectivity index (χ0v) is 16.8. The minimum absolute atomic E-state index is 0.0430. The minimum Gasteiger partial charge on any atom is -0.339 e. The molecule has 1 aromatic rings. The van der Waals surface area contributed by atoms with Gasteiger partial charge in [-0.3, -0.25) is 9.69 Å². The summed E-state index contributed by atoms with van der Waals surface area (Å²) in [6, 6.07) is 5.04. The summed E-state index contributed by atoms with van der Waals surface area (Å²) in [6.45, 7) is 7.89. The first kappa shape index (κ1) is 20.2. The summed E-state index contributed by atoms with van der Waals surface area (Å²) in [5, 5.41) is 0. The fourth-order valence-electron chi connectivity index (χ4n) is 4.17. The molecule has 0 unspecified atom stereocenters. The highest BCUT2D eigenvalue weighted by atomic mass is 32.2. The number of sulfonamides is 1. The van der Waals surface area contributed by atoms with Crippen LogP contribution in [0, 0.1) is 17.7 Å². The fourth-order valence-corrected chi connectivity index (χ4v) is 5.62. The second kappa shape index (κ2) is 8.24. The van der Waals surface area contributed by atoms with E-state index in [0.29, 0.717) is 31.5 Å². The van der Waals surface area contributed by atoms with E-state index in [1.807, 2.05) is 0 Å². The van der Waals surface area contributed by atoms with Gasteiger partial charge in [-0.15, -0.1) is 0 Å². The Hall–Kier alpha value is -1.51. The molecule has 150 valence electrons. The molecule has 6 nitrogen and oxygen atoms in total. The Morgan fingerprint density at radius 1 is 1.11 bits per heavy atom. The van der Waals surface area contributed by atoms with Crippen LogP contribution in [-0.4, -0.2) is 74.2 Å². The van der Waals surface area contributed by atoms with Gasteiger partial charge < -0.3 is 4.90 Å². The van der Waals surface area contributed by atoms with Crippen LogP contribution in [0.3, 0.4) is 0 Å². The molecule has 0 aliphatic carbocycles. The Morgan fingerprint density at radius 3 is 2.33 bits per heavy atom. The van der Waals surface area contributed by atoms with Crippen molar-refractivity contribution in [3.05, 3.63) is 30.1 Å². The van der Waals surface area contributed by atoms with Crippen LogP contribution in [0.25, 0.3) is 0 Å². The molecular weight excluding hydrogens is 369 g/mol. The van der Waals surface area contributed by atoms with Crippen LogP contribution in [-0.2, 0) is 14.8 Å². The van der Waals surface area contributed by atoms with E-state index < -0.39 is 15.8 Å². The quantitative estimate of drug-likeness (QED) is 0.775. The van der Waals surface area contributed by atoms with Crippen molar-refractivity contribution in [1.29, 1.82) is 0 Å². The predicted octanol–water partition coefficient (Wildman–Crippen LogP) is 1.64. The first-order valence-corrected chi connectivity index (χ1v) is 11.0. The highest BCUT2D eigenvalue weighted by Gasteiger charge is 2.31. The lowest BCUT2D eigenvalue weighted by atomic mass is 9.92. The molecule has 3 rings (SSSR count). The lowest BCUT2D eigenvalue weighted by Gasteiger charge is -2.38. The van der Waals surface area contributed by atoms with Crippen molar-refractivity contribution in [3.8, 4) is 0 Å². The van der Waals surface area contributed by atoms with E-state index in [-0.39, 0.29) is 23.9 Å². The number of carbonyl (C=O) groups excluding carboxylic acids is 1. The van der Waals surface area contributed by atoms with E-state index in [1.165, 1.54) is 28.9 Å². The zero-order valence-electron chi connectivity index (χ0n) is 16.0. The number of piperazine rings is 1. The summed E-state index contributed by atoms with van der Waals surface area (Å²) in [7, 11) is -3.73. The number of hydrogen-bond acceptors (Lipinski definition) is 4. The molecule has 2 aliphatic heterocycles. The van der Waals surface area contributed by atoms with Gasteiger partial charge in [0.1, 0.15) is 5.82 Å². The molecule has 0 radical (unpaired) electrons. The molecule has 2 saturated heterocycles. The summed E-state index contributed by atoms with van der Waals surface area (Å²) < 4.78 is 40.0. The zero-order chi connectivity index (χ0) is 19.6. The molecule has 1 amide bonds. The van der Waals surface area contributed by atoms with Crippen molar-refractivity contribution < 1.29 is 17.6 Å². The predicted molar refractivity (Wildman–Crippen MR) is 101 cm³/mol. The molecule has 27 heavy (non-hydrogen) atoms. The summed E-state index contributed by atoms with van der Waals surface area (Å²) in [6.07, 6.45) is 1.20. The fraction of sp³-hybridized carbons (Fsp3) is 0.632. The van der Waals surface area contributed by atoms with Crippen molar-refractivity contribution >= 4 is 15.9 Å². The Labute approximate surface area is 161 Å². The third-order valence-electron chi connectivity index (χ3n) is 5.33. The number of likely N-dealkylation sites (tertiary alicyclic amines) is 1. The summed E-state index contributed by atoms with van der Waals surface area (Å²) >= 11 is 0. The molecule has 0 N–H and O–H groups in total. The van der Waals surface area contributed by atoms with Crippen molar-refractivity contribution in [2.24, 2.45) is 11.8 Å². The highest BCUT2D eigenvalue weighted by Crippen LogP contribution is 2.21. The Bertz CT molecular complexity index is 768. The van der Waals surface area contributed by atoms with Crippen LogP contribution >= 0.6 is 0 Å². The van der Waals surface area contributed by atoms with Gasteiger partial charge in [-0.2, -0.15) is 4.31 Å². The van der Waals surface area contributed by atoms with Crippen LogP contribution in [0.15, 0.2) is 29.2 Å². The third-order valence-corrected chi connectivity index (χ3v) is 7.22. The molecule has 2 fully saturated rings. The van der Waals surface area contributed by atoms with Crippen LogP contribution in [0.5, 0.6) is 0 Å². The van der Waals surface area contributed by atoms with Crippen molar-refractivity contribution in [3.63, 3.8) is 0 Å². The maximum absolute atomic E-state index is 13.4. The average Bonchev–Trinajstić information content (AvgIpc) is 2.61. The van der Waals surface area contributed by atoms with Gasteiger partial charge in [0.05, 0.1) is 11.4 Å². The topological polar surface area (TPSA) is 60.9 Å². The van der Waals surface area contributed by atoms with Gasteiger partial charge in [-0.25, -0.2) is 12.8 Å². The van der Waals surface area contributed by atoms with Crippen LogP contribution in [0.4, 0.5) is 4.39 Å². The smallest absolute Gasteiger partial charge is 0.243 e. The van der Waals surface area contributed by atoms with Gasteiger partial charge in [-0.05, 0) is 36.5 Å². The average molecular weight is 398 g/mol. The Morgan fingerprint density at radius 2 is 1.74 bits per heavy atom. The number of benzene rings is 1. The standard InChI is InChI=1S/C19H28FN3O3S/c1-15-10-16(2)13-21(12-15)14-19(24)22-6-8-23(9-7-22)27(25,26)18-5-3-4-17(20)11-18/h3-5,11,15-16H,6-10,12-14H2,1-2H3/t15-,16+. The van der Waals surface area contributed by atoms with Crippen LogP contribution < -0.4 is 0 Å². The van der Waals surface area contributed by atoms with E-state index in [9.17, 15) is 17.6 Å². The molecular formula is C19H28FN3O3S. The molecule has 0 bridgehead atoms. The number of piperidine rings is 1. The van der Waals surface area contributed by atoms with E-state index in [1.54, 1.807) is 4.90 Å². The maximum Gasteiger partial charge on any atom is 0.243 e. The van der Waals surface area contributed by atoms with Crippen LogP contribution in [0.2, 0.25) is 0 Å².